The quantitative estimate of drug-likeness (QED) is 0.613. The first kappa shape index (κ1) is 16.3. The zero-order valence-electron chi connectivity index (χ0n) is 10.8. The number of alkyl halides is 2. The van der Waals surface area contributed by atoms with E-state index in [1.54, 1.807) is 18.2 Å². The maximum Gasteiger partial charge on any atom is 0.257 e. The van der Waals surface area contributed by atoms with Crippen LogP contribution >= 0.6 is 46.1 Å². The molecule has 0 atom stereocenters. The topological polar surface area (TPSA) is 46.2 Å². The molecule has 21 heavy (non-hydrogen) atoms. The van der Waals surface area contributed by atoms with Gasteiger partial charge in [0, 0.05) is 16.8 Å². The standard InChI is InChI=1S/C14H10Cl3NO2S/c1-7(19)12-10(18-14(20)13(16)17)6-11(21-12)8-2-4-9(15)5-3-8/h2-6,13H,1H3,(H,18,20). The van der Waals surface area contributed by atoms with E-state index in [0.717, 1.165) is 10.4 Å². The molecule has 1 heterocycles. The molecule has 0 saturated heterocycles. The van der Waals surface area contributed by atoms with Gasteiger partial charge < -0.3 is 5.32 Å². The summed E-state index contributed by atoms with van der Waals surface area (Å²) in [5.41, 5.74) is 1.31. The molecular weight excluding hydrogens is 353 g/mol. The van der Waals surface area contributed by atoms with Crippen LogP contribution in [0.1, 0.15) is 16.6 Å². The van der Waals surface area contributed by atoms with Crippen LogP contribution in [0.2, 0.25) is 5.02 Å². The van der Waals surface area contributed by atoms with Gasteiger partial charge in [0.25, 0.3) is 5.91 Å². The van der Waals surface area contributed by atoms with E-state index in [2.05, 4.69) is 5.32 Å². The first-order chi connectivity index (χ1) is 9.88. The Balaban J connectivity index is 2.39. The lowest BCUT2D eigenvalue weighted by Crippen LogP contribution is -2.19. The largest absolute Gasteiger partial charge is 0.322 e. The normalized spacial score (nSPS) is 10.7. The predicted octanol–water partition coefficient (Wildman–Crippen LogP) is 5.01. The SMILES string of the molecule is CC(=O)c1sc(-c2ccc(Cl)cc2)cc1NC(=O)C(Cl)Cl. The highest BCUT2D eigenvalue weighted by Gasteiger charge is 2.19. The number of nitrogens with one attached hydrogen (secondary N) is 1. The fourth-order valence-corrected chi connectivity index (χ4v) is 2.94. The summed E-state index contributed by atoms with van der Waals surface area (Å²) in [5, 5.41) is 3.18. The summed E-state index contributed by atoms with van der Waals surface area (Å²) in [5.74, 6) is -0.711. The Bertz CT molecular complexity index is 680. The van der Waals surface area contributed by atoms with Crippen LogP contribution in [-0.2, 0) is 4.79 Å². The lowest BCUT2D eigenvalue weighted by atomic mass is 10.2. The van der Waals surface area contributed by atoms with Crippen LogP contribution < -0.4 is 5.32 Å². The van der Waals surface area contributed by atoms with Crippen molar-refractivity contribution < 1.29 is 9.59 Å². The average molecular weight is 363 g/mol. The third kappa shape index (κ3) is 3.98. The summed E-state index contributed by atoms with van der Waals surface area (Å²) in [4.78, 5) is 23.4. The van der Waals surface area contributed by atoms with Crippen LogP contribution in [0.3, 0.4) is 0 Å². The molecule has 3 nitrogen and oxygen atoms in total. The molecule has 0 aliphatic heterocycles. The first-order valence-corrected chi connectivity index (χ1v) is 7.95. The molecule has 1 aromatic heterocycles. The summed E-state index contributed by atoms with van der Waals surface area (Å²) >= 11 is 18.2. The van der Waals surface area contributed by atoms with Crippen molar-refractivity contribution in [2.75, 3.05) is 5.32 Å². The van der Waals surface area contributed by atoms with E-state index in [9.17, 15) is 9.59 Å². The van der Waals surface area contributed by atoms with Crippen molar-refractivity contribution in [3.05, 3.63) is 40.2 Å². The number of hydrogen-bond donors (Lipinski definition) is 1. The van der Waals surface area contributed by atoms with Gasteiger partial charge >= 0.3 is 0 Å². The van der Waals surface area contributed by atoms with E-state index in [4.69, 9.17) is 34.8 Å². The lowest BCUT2D eigenvalue weighted by molar-refractivity contribution is -0.114. The van der Waals surface area contributed by atoms with Crippen molar-refractivity contribution in [2.24, 2.45) is 0 Å². The highest BCUT2D eigenvalue weighted by atomic mass is 35.5. The number of carbonyl (C=O) groups is 2. The van der Waals surface area contributed by atoms with Gasteiger partial charge in [-0.15, -0.1) is 11.3 Å². The summed E-state index contributed by atoms with van der Waals surface area (Å²) in [7, 11) is 0. The number of hydrogen-bond acceptors (Lipinski definition) is 3. The summed E-state index contributed by atoms with van der Waals surface area (Å²) in [6.45, 7) is 1.44. The third-order valence-electron chi connectivity index (χ3n) is 2.64. The van der Waals surface area contributed by atoms with Crippen molar-refractivity contribution >= 4 is 63.5 Å². The minimum atomic E-state index is -1.19. The van der Waals surface area contributed by atoms with Gasteiger partial charge in [0.15, 0.2) is 10.6 Å². The molecular formula is C14H10Cl3NO2S. The van der Waals surface area contributed by atoms with Crippen LogP contribution in [0.25, 0.3) is 10.4 Å². The van der Waals surface area contributed by atoms with Gasteiger partial charge in [-0.25, -0.2) is 0 Å². The highest BCUT2D eigenvalue weighted by Crippen LogP contribution is 2.35. The van der Waals surface area contributed by atoms with E-state index in [-0.39, 0.29) is 5.78 Å². The van der Waals surface area contributed by atoms with Gasteiger partial charge in [-0.2, -0.15) is 0 Å². The second kappa shape index (κ2) is 6.79. The van der Waals surface area contributed by atoms with Crippen LogP contribution in [-0.4, -0.2) is 16.5 Å². The molecule has 0 unspecified atom stereocenters. The number of rotatable bonds is 4. The Morgan fingerprint density at radius 1 is 1.19 bits per heavy atom. The van der Waals surface area contributed by atoms with Gasteiger partial charge in [0.05, 0.1) is 10.6 Å². The van der Waals surface area contributed by atoms with Gasteiger partial charge in [-0.05, 0) is 23.8 Å². The molecule has 2 aromatic rings. The number of ketones is 1. The van der Waals surface area contributed by atoms with E-state index < -0.39 is 10.7 Å². The molecule has 0 saturated carbocycles. The van der Waals surface area contributed by atoms with Gasteiger partial charge in [0.2, 0.25) is 0 Å². The molecule has 2 rings (SSSR count). The third-order valence-corrected chi connectivity index (χ3v) is 4.57. The van der Waals surface area contributed by atoms with Gasteiger partial charge in [0.1, 0.15) is 0 Å². The zero-order valence-corrected chi connectivity index (χ0v) is 13.9. The maximum absolute atomic E-state index is 11.7. The van der Waals surface area contributed by atoms with Crippen LogP contribution in [0.5, 0.6) is 0 Å². The van der Waals surface area contributed by atoms with E-state index in [1.165, 1.54) is 18.3 Å². The number of Topliss-reactive ketones (excluding diaryl/α,β-unsaturated/α-hetero) is 1. The van der Waals surface area contributed by atoms with Crippen LogP contribution in [0.4, 0.5) is 5.69 Å². The van der Waals surface area contributed by atoms with Crippen molar-refractivity contribution in [2.45, 2.75) is 11.8 Å². The maximum atomic E-state index is 11.7. The molecule has 0 bridgehead atoms. The first-order valence-electron chi connectivity index (χ1n) is 5.88. The van der Waals surface area contributed by atoms with Crippen molar-refractivity contribution in [3.8, 4) is 10.4 Å². The number of thiophene rings is 1. The fraction of sp³-hybridized carbons (Fsp3) is 0.143. The fourth-order valence-electron chi connectivity index (χ4n) is 1.69. The number of anilines is 1. The summed E-state index contributed by atoms with van der Waals surface area (Å²) < 4.78 is 0. The molecule has 0 fully saturated rings. The lowest BCUT2D eigenvalue weighted by Gasteiger charge is -2.04. The van der Waals surface area contributed by atoms with Crippen LogP contribution in [0.15, 0.2) is 30.3 Å². The highest BCUT2D eigenvalue weighted by molar-refractivity contribution is 7.18. The molecule has 0 aliphatic rings. The van der Waals surface area contributed by atoms with Crippen molar-refractivity contribution in [1.29, 1.82) is 0 Å². The predicted molar refractivity (Wildman–Crippen MR) is 88.9 cm³/mol. The number of halogens is 3. The minimum absolute atomic E-state index is 0.142. The molecule has 7 heteroatoms. The summed E-state index contributed by atoms with van der Waals surface area (Å²) in [6.07, 6.45) is 0. The summed E-state index contributed by atoms with van der Waals surface area (Å²) in [6, 6.07) is 8.93. The number of amides is 1. The molecule has 1 N–H and O–H groups in total. The Hall–Kier alpha value is -1.07. The average Bonchev–Trinajstić information content (AvgIpc) is 2.83. The molecule has 0 spiro atoms. The molecule has 110 valence electrons. The van der Waals surface area contributed by atoms with Crippen LogP contribution in [0, 0.1) is 0 Å². The monoisotopic (exact) mass is 361 g/mol. The van der Waals surface area contributed by atoms with Crippen molar-refractivity contribution in [3.63, 3.8) is 0 Å². The molecule has 1 amide bonds. The Morgan fingerprint density at radius 2 is 1.81 bits per heavy atom. The molecule has 0 radical (unpaired) electrons. The number of benzene rings is 1. The Morgan fingerprint density at radius 3 is 2.33 bits per heavy atom. The molecule has 1 aromatic carbocycles. The van der Waals surface area contributed by atoms with Crippen molar-refractivity contribution in [1.82, 2.24) is 0 Å². The minimum Gasteiger partial charge on any atom is -0.322 e. The Labute approximate surface area is 140 Å². The smallest absolute Gasteiger partial charge is 0.257 e. The van der Waals surface area contributed by atoms with E-state index in [1.807, 2.05) is 12.1 Å². The van der Waals surface area contributed by atoms with Gasteiger partial charge in [-0.1, -0.05) is 46.9 Å². The van der Waals surface area contributed by atoms with E-state index >= 15 is 0 Å². The number of carbonyl (C=O) groups excluding carboxylic acids is 2. The second-order valence-electron chi connectivity index (χ2n) is 4.21. The second-order valence-corrected chi connectivity index (χ2v) is 6.79. The van der Waals surface area contributed by atoms with Gasteiger partial charge in [-0.3, -0.25) is 9.59 Å². The zero-order chi connectivity index (χ0) is 15.6. The Kier molecular flexibility index (Phi) is 5.27. The molecule has 0 aliphatic carbocycles. The van der Waals surface area contributed by atoms with E-state index in [0.29, 0.717) is 15.6 Å².